The van der Waals surface area contributed by atoms with E-state index in [1.165, 1.54) is 6.92 Å². The fraction of sp³-hybridized carbons (Fsp3) is 0.391. The molecule has 1 unspecified atom stereocenters. The maximum atomic E-state index is 13.4. The highest BCUT2D eigenvalue weighted by molar-refractivity contribution is 5.88. The Morgan fingerprint density at radius 3 is 2.38 bits per heavy atom. The molecule has 1 atom stereocenters. The van der Waals surface area contributed by atoms with Gasteiger partial charge in [-0.3, -0.25) is 15.0 Å². The maximum Gasteiger partial charge on any atom is 0.321 e. The molecular weight excluding hydrogens is 368 g/mol. The van der Waals surface area contributed by atoms with Crippen LogP contribution < -0.4 is 10.2 Å². The Bertz CT molecular complexity index is 810. The molecule has 0 fully saturated rings. The third kappa shape index (κ3) is 5.57. The number of hydrogen-bond acceptors (Lipinski definition) is 5. The highest BCUT2D eigenvalue weighted by Crippen LogP contribution is 2.39. The molecule has 2 aromatic carbocycles. The SMILES string of the molecule is CCOC(=O)C(CCCN(C)NC(C)=O)(c1ccccc1)c1cccc(OC)c1. The largest absolute Gasteiger partial charge is 0.497 e. The number of methoxy groups -OCH3 is 1. The second kappa shape index (κ2) is 10.6. The van der Waals surface area contributed by atoms with E-state index in [4.69, 9.17) is 9.47 Å². The van der Waals surface area contributed by atoms with Crippen LogP contribution in [0, 0.1) is 0 Å². The van der Waals surface area contributed by atoms with E-state index in [2.05, 4.69) is 5.43 Å². The van der Waals surface area contributed by atoms with Crippen LogP contribution in [0.1, 0.15) is 37.8 Å². The minimum atomic E-state index is -0.969. The Hall–Kier alpha value is -2.86. The number of rotatable bonds is 10. The van der Waals surface area contributed by atoms with E-state index in [9.17, 15) is 9.59 Å². The van der Waals surface area contributed by atoms with Crippen molar-refractivity contribution in [3.05, 3.63) is 65.7 Å². The summed E-state index contributed by atoms with van der Waals surface area (Å²) < 4.78 is 11.0. The lowest BCUT2D eigenvalue weighted by Crippen LogP contribution is -2.42. The minimum absolute atomic E-state index is 0.125. The predicted molar refractivity (Wildman–Crippen MR) is 113 cm³/mol. The number of ether oxygens (including phenoxy) is 2. The quantitative estimate of drug-likeness (QED) is 0.491. The smallest absolute Gasteiger partial charge is 0.321 e. The van der Waals surface area contributed by atoms with E-state index in [-0.39, 0.29) is 11.9 Å². The van der Waals surface area contributed by atoms with Crippen LogP contribution >= 0.6 is 0 Å². The van der Waals surface area contributed by atoms with E-state index in [1.807, 2.05) is 68.6 Å². The lowest BCUT2D eigenvalue weighted by Gasteiger charge is -2.33. The Morgan fingerprint density at radius 1 is 1.07 bits per heavy atom. The van der Waals surface area contributed by atoms with Crippen LogP contribution in [0.4, 0.5) is 0 Å². The normalized spacial score (nSPS) is 12.9. The van der Waals surface area contributed by atoms with Crippen molar-refractivity contribution in [2.24, 2.45) is 0 Å². The van der Waals surface area contributed by atoms with Gasteiger partial charge >= 0.3 is 5.97 Å². The molecule has 0 bridgehead atoms. The van der Waals surface area contributed by atoms with Gasteiger partial charge in [-0.2, -0.15) is 0 Å². The van der Waals surface area contributed by atoms with Gasteiger partial charge in [0.25, 0.3) is 0 Å². The predicted octanol–water partition coefficient (Wildman–Crippen LogP) is 3.31. The van der Waals surface area contributed by atoms with Crippen LogP contribution in [-0.2, 0) is 19.7 Å². The van der Waals surface area contributed by atoms with E-state index in [1.54, 1.807) is 12.1 Å². The van der Waals surface area contributed by atoms with E-state index in [0.29, 0.717) is 31.7 Å². The molecule has 0 aliphatic carbocycles. The monoisotopic (exact) mass is 398 g/mol. The lowest BCUT2D eigenvalue weighted by molar-refractivity contribution is -0.149. The van der Waals surface area contributed by atoms with Crippen molar-refractivity contribution < 1.29 is 19.1 Å². The highest BCUT2D eigenvalue weighted by atomic mass is 16.5. The van der Waals surface area contributed by atoms with Gasteiger partial charge in [-0.05, 0) is 43.0 Å². The first kappa shape index (κ1) is 22.4. The molecule has 6 nitrogen and oxygen atoms in total. The molecule has 0 aliphatic rings. The molecule has 0 radical (unpaired) electrons. The summed E-state index contributed by atoms with van der Waals surface area (Å²) in [6, 6.07) is 17.2. The summed E-state index contributed by atoms with van der Waals surface area (Å²) in [5.74, 6) is 0.268. The summed E-state index contributed by atoms with van der Waals surface area (Å²) in [5, 5.41) is 1.73. The number of amides is 1. The van der Waals surface area contributed by atoms with Gasteiger partial charge in [0.2, 0.25) is 5.91 Å². The van der Waals surface area contributed by atoms with Crippen LogP contribution in [0.25, 0.3) is 0 Å². The number of carbonyl (C=O) groups excluding carboxylic acids is 2. The van der Waals surface area contributed by atoms with Gasteiger partial charge < -0.3 is 9.47 Å². The molecule has 0 aliphatic heterocycles. The molecule has 2 aromatic rings. The highest BCUT2D eigenvalue weighted by Gasteiger charge is 2.43. The first-order valence-corrected chi connectivity index (χ1v) is 9.79. The van der Waals surface area contributed by atoms with Crippen molar-refractivity contribution in [2.75, 3.05) is 27.3 Å². The Labute approximate surface area is 172 Å². The number of esters is 1. The van der Waals surface area contributed by atoms with E-state index < -0.39 is 5.41 Å². The fourth-order valence-corrected chi connectivity index (χ4v) is 3.56. The Morgan fingerprint density at radius 2 is 1.76 bits per heavy atom. The lowest BCUT2D eigenvalue weighted by atomic mass is 9.71. The molecule has 6 heteroatoms. The maximum absolute atomic E-state index is 13.4. The van der Waals surface area contributed by atoms with Crippen LogP contribution in [-0.4, -0.2) is 44.2 Å². The van der Waals surface area contributed by atoms with Gasteiger partial charge in [-0.25, -0.2) is 5.01 Å². The second-order valence-corrected chi connectivity index (χ2v) is 6.92. The molecule has 0 spiro atoms. The van der Waals surface area contributed by atoms with Crippen molar-refractivity contribution in [3.8, 4) is 5.75 Å². The van der Waals surface area contributed by atoms with Crippen LogP contribution in [0.2, 0.25) is 0 Å². The first-order valence-electron chi connectivity index (χ1n) is 9.79. The minimum Gasteiger partial charge on any atom is -0.497 e. The number of hydrogen-bond donors (Lipinski definition) is 1. The molecule has 156 valence electrons. The van der Waals surface area contributed by atoms with Crippen molar-refractivity contribution in [2.45, 2.75) is 32.1 Å². The zero-order valence-corrected chi connectivity index (χ0v) is 17.6. The molecule has 1 amide bonds. The molecule has 29 heavy (non-hydrogen) atoms. The summed E-state index contributed by atoms with van der Waals surface area (Å²) in [7, 11) is 3.41. The number of benzene rings is 2. The summed E-state index contributed by atoms with van der Waals surface area (Å²) >= 11 is 0. The standard InChI is InChI=1S/C23H30N2O4/c1-5-29-22(27)23(19-11-7-6-8-12-19,15-10-16-25(3)24-18(2)26)20-13-9-14-21(17-20)28-4/h6-9,11-14,17H,5,10,15-16H2,1-4H3,(H,24,26). The number of hydrazine groups is 1. The second-order valence-electron chi connectivity index (χ2n) is 6.92. The molecular formula is C23H30N2O4. The number of nitrogens with one attached hydrogen (secondary N) is 1. The van der Waals surface area contributed by atoms with E-state index in [0.717, 1.165) is 11.1 Å². The number of nitrogens with zero attached hydrogens (tertiary/aromatic N) is 1. The van der Waals surface area contributed by atoms with Gasteiger partial charge in [-0.1, -0.05) is 42.5 Å². The van der Waals surface area contributed by atoms with Gasteiger partial charge in [0, 0.05) is 20.5 Å². The molecule has 1 N–H and O–H groups in total. The van der Waals surface area contributed by atoms with Gasteiger partial charge in [0.15, 0.2) is 0 Å². The summed E-state index contributed by atoms with van der Waals surface area (Å²) in [6.45, 7) is 4.17. The Kier molecular flexibility index (Phi) is 8.21. The first-order chi connectivity index (χ1) is 13.9. The third-order valence-corrected chi connectivity index (χ3v) is 4.85. The molecule has 0 heterocycles. The van der Waals surface area contributed by atoms with Crippen molar-refractivity contribution in [3.63, 3.8) is 0 Å². The third-order valence-electron chi connectivity index (χ3n) is 4.85. The van der Waals surface area contributed by atoms with Crippen LogP contribution in [0.15, 0.2) is 54.6 Å². The van der Waals surface area contributed by atoms with Gasteiger partial charge in [-0.15, -0.1) is 0 Å². The van der Waals surface area contributed by atoms with Crippen LogP contribution in [0.3, 0.4) is 0 Å². The van der Waals surface area contributed by atoms with Crippen molar-refractivity contribution >= 4 is 11.9 Å². The van der Waals surface area contributed by atoms with Crippen molar-refractivity contribution in [1.82, 2.24) is 10.4 Å². The summed E-state index contributed by atoms with van der Waals surface area (Å²) in [5.41, 5.74) is 3.46. The molecule has 0 saturated heterocycles. The molecule has 0 saturated carbocycles. The zero-order valence-electron chi connectivity index (χ0n) is 17.6. The van der Waals surface area contributed by atoms with Gasteiger partial charge in [0.05, 0.1) is 13.7 Å². The summed E-state index contributed by atoms with van der Waals surface area (Å²) in [6.07, 6.45) is 1.19. The zero-order chi connectivity index (χ0) is 21.3. The topological polar surface area (TPSA) is 67.9 Å². The average molecular weight is 399 g/mol. The number of carbonyl (C=O) groups is 2. The molecule has 0 aromatic heterocycles. The average Bonchev–Trinajstić information content (AvgIpc) is 2.71. The Balaban J connectivity index is 2.48. The van der Waals surface area contributed by atoms with Crippen molar-refractivity contribution in [1.29, 1.82) is 0 Å². The van der Waals surface area contributed by atoms with Gasteiger partial charge in [0.1, 0.15) is 11.2 Å². The summed E-state index contributed by atoms with van der Waals surface area (Å²) in [4.78, 5) is 24.7. The van der Waals surface area contributed by atoms with E-state index >= 15 is 0 Å². The molecule has 2 rings (SSSR count). The fourth-order valence-electron chi connectivity index (χ4n) is 3.56. The van der Waals surface area contributed by atoms with Crippen LogP contribution in [0.5, 0.6) is 5.75 Å².